The van der Waals surface area contributed by atoms with Crippen molar-refractivity contribution >= 4 is 17.7 Å². The highest BCUT2D eigenvalue weighted by Crippen LogP contribution is 2.18. The Morgan fingerprint density at radius 2 is 1.71 bits per heavy atom. The van der Waals surface area contributed by atoms with E-state index in [1.807, 2.05) is 5.40 Å². The van der Waals surface area contributed by atoms with E-state index in [2.05, 4.69) is 6.92 Å². The highest BCUT2D eigenvalue weighted by molar-refractivity contribution is 8.04. The molecule has 0 rings (SSSR count). The van der Waals surface area contributed by atoms with Crippen LogP contribution in [0.3, 0.4) is 0 Å². The molecule has 0 amide bonds. The minimum atomic E-state index is -0.862. The van der Waals surface area contributed by atoms with Crippen molar-refractivity contribution in [2.45, 2.75) is 70.0 Å². The number of hydrogen-bond donors (Lipinski definition) is 1. The van der Waals surface area contributed by atoms with Gasteiger partial charge in [-0.05, 0) is 18.2 Å². The van der Waals surface area contributed by atoms with E-state index < -0.39 is 11.2 Å². The number of nitriles is 1. The Bertz CT molecular complexity index is 238. The van der Waals surface area contributed by atoms with Crippen LogP contribution in [0, 0.1) is 10.7 Å². The Morgan fingerprint density at radius 3 is 2.18 bits per heavy atom. The quantitative estimate of drug-likeness (QED) is 0.445. The summed E-state index contributed by atoms with van der Waals surface area (Å²) in [7, 11) is 0. The number of nitrogens with zero attached hydrogens (tertiary/aromatic N) is 1. The average Bonchev–Trinajstić information content (AvgIpc) is 2.31. The van der Waals surface area contributed by atoms with E-state index in [4.69, 9.17) is 10.4 Å². The summed E-state index contributed by atoms with van der Waals surface area (Å²) < 4.78 is 0. The fourth-order valence-corrected chi connectivity index (χ4v) is 2.27. The van der Waals surface area contributed by atoms with Crippen LogP contribution in [0.5, 0.6) is 0 Å². The maximum Gasteiger partial charge on any atom is 0.317 e. The van der Waals surface area contributed by atoms with Crippen molar-refractivity contribution in [1.29, 1.82) is 5.26 Å². The molecular formula is C13H23NO2S. The standard InChI is InChI=1S/C13H23NO2S/c1-2-3-4-5-6-7-8-9-10-12(13(15)16)17-11-14/h12H,2-10H2,1H3,(H,15,16). The minimum Gasteiger partial charge on any atom is -0.480 e. The summed E-state index contributed by atoms with van der Waals surface area (Å²) in [5.41, 5.74) is 0. The van der Waals surface area contributed by atoms with Crippen molar-refractivity contribution < 1.29 is 9.90 Å². The van der Waals surface area contributed by atoms with Gasteiger partial charge in [-0.1, -0.05) is 58.3 Å². The Morgan fingerprint density at radius 1 is 1.18 bits per heavy atom. The first-order valence-corrected chi connectivity index (χ1v) is 7.37. The van der Waals surface area contributed by atoms with Crippen molar-refractivity contribution in [3.05, 3.63) is 0 Å². The summed E-state index contributed by atoms with van der Waals surface area (Å²) >= 11 is 0.865. The molecule has 0 aromatic rings. The lowest BCUT2D eigenvalue weighted by molar-refractivity contribution is -0.136. The molecule has 0 heterocycles. The van der Waals surface area contributed by atoms with E-state index in [9.17, 15) is 4.79 Å². The molecule has 0 radical (unpaired) electrons. The van der Waals surface area contributed by atoms with Crippen molar-refractivity contribution in [1.82, 2.24) is 0 Å². The van der Waals surface area contributed by atoms with E-state index >= 15 is 0 Å². The fraction of sp³-hybridized carbons (Fsp3) is 0.846. The summed E-state index contributed by atoms with van der Waals surface area (Å²) in [5.74, 6) is -0.862. The topological polar surface area (TPSA) is 61.1 Å². The number of thioether (sulfide) groups is 1. The summed E-state index contributed by atoms with van der Waals surface area (Å²) in [5, 5.41) is 18.6. The maximum atomic E-state index is 10.8. The first kappa shape index (κ1) is 16.3. The van der Waals surface area contributed by atoms with Crippen LogP contribution in [-0.2, 0) is 4.79 Å². The van der Waals surface area contributed by atoms with Gasteiger partial charge in [-0.3, -0.25) is 4.79 Å². The van der Waals surface area contributed by atoms with Gasteiger partial charge in [0.05, 0.1) is 0 Å². The van der Waals surface area contributed by atoms with E-state index in [0.717, 1.165) is 24.6 Å². The third-order valence-corrected chi connectivity index (χ3v) is 3.62. The molecule has 17 heavy (non-hydrogen) atoms. The number of unbranched alkanes of at least 4 members (excludes halogenated alkanes) is 7. The second-order valence-corrected chi connectivity index (χ2v) is 5.29. The molecule has 98 valence electrons. The highest BCUT2D eigenvalue weighted by atomic mass is 32.2. The number of aliphatic carboxylic acids is 1. The first-order chi connectivity index (χ1) is 8.22. The molecule has 3 nitrogen and oxygen atoms in total. The molecular weight excluding hydrogens is 234 g/mol. The summed E-state index contributed by atoms with van der Waals surface area (Å²) in [6, 6.07) is 0. The van der Waals surface area contributed by atoms with Gasteiger partial charge in [0.15, 0.2) is 0 Å². The Balaban J connectivity index is 3.37. The van der Waals surface area contributed by atoms with Crippen LogP contribution in [0.15, 0.2) is 0 Å². The lowest BCUT2D eigenvalue weighted by atomic mass is 10.1. The van der Waals surface area contributed by atoms with Crippen LogP contribution in [0.2, 0.25) is 0 Å². The van der Waals surface area contributed by atoms with Crippen molar-refractivity contribution in [2.75, 3.05) is 0 Å². The molecule has 1 atom stereocenters. The van der Waals surface area contributed by atoms with Crippen molar-refractivity contribution in [2.24, 2.45) is 0 Å². The molecule has 0 saturated heterocycles. The number of carbonyl (C=O) groups is 1. The molecule has 0 aliphatic carbocycles. The van der Waals surface area contributed by atoms with Crippen LogP contribution in [0.25, 0.3) is 0 Å². The van der Waals surface area contributed by atoms with Gasteiger partial charge in [0, 0.05) is 0 Å². The summed E-state index contributed by atoms with van der Waals surface area (Å²) in [4.78, 5) is 10.8. The van der Waals surface area contributed by atoms with Crippen molar-refractivity contribution in [3.63, 3.8) is 0 Å². The number of carboxylic acids is 1. The largest absolute Gasteiger partial charge is 0.480 e. The second kappa shape index (κ2) is 11.8. The maximum absolute atomic E-state index is 10.8. The Kier molecular flexibility index (Phi) is 11.3. The molecule has 4 heteroatoms. The number of thiocyanates is 1. The van der Waals surface area contributed by atoms with Gasteiger partial charge in [0.25, 0.3) is 0 Å². The third kappa shape index (κ3) is 10.2. The molecule has 1 unspecified atom stereocenters. The lowest BCUT2D eigenvalue weighted by Gasteiger charge is -2.06. The molecule has 0 bridgehead atoms. The van der Waals surface area contributed by atoms with Crippen LogP contribution in [0.4, 0.5) is 0 Å². The first-order valence-electron chi connectivity index (χ1n) is 6.50. The molecule has 0 aromatic carbocycles. The van der Waals surface area contributed by atoms with Gasteiger partial charge >= 0.3 is 5.97 Å². The normalized spacial score (nSPS) is 12.0. The van der Waals surface area contributed by atoms with Gasteiger partial charge in [-0.2, -0.15) is 5.26 Å². The van der Waals surface area contributed by atoms with E-state index in [0.29, 0.717) is 6.42 Å². The summed E-state index contributed by atoms with van der Waals surface area (Å²) in [6.45, 7) is 2.21. The van der Waals surface area contributed by atoms with Gasteiger partial charge in [-0.15, -0.1) is 0 Å². The molecule has 0 spiro atoms. The lowest BCUT2D eigenvalue weighted by Crippen LogP contribution is -2.15. The predicted molar refractivity (Wildman–Crippen MR) is 71.9 cm³/mol. The third-order valence-electron chi connectivity index (χ3n) is 2.79. The number of rotatable bonds is 11. The van der Waals surface area contributed by atoms with Gasteiger partial charge in [0.1, 0.15) is 10.7 Å². The van der Waals surface area contributed by atoms with E-state index in [-0.39, 0.29) is 0 Å². The molecule has 0 aromatic heterocycles. The van der Waals surface area contributed by atoms with Crippen molar-refractivity contribution in [3.8, 4) is 5.40 Å². The van der Waals surface area contributed by atoms with Gasteiger partial charge < -0.3 is 5.11 Å². The summed E-state index contributed by atoms with van der Waals surface area (Å²) in [6.07, 6.45) is 10.3. The zero-order valence-electron chi connectivity index (χ0n) is 10.7. The average molecular weight is 257 g/mol. The number of carboxylic acid groups (broad SMARTS) is 1. The van der Waals surface area contributed by atoms with Crippen LogP contribution < -0.4 is 0 Å². The van der Waals surface area contributed by atoms with E-state index in [1.54, 1.807) is 0 Å². The molecule has 1 N–H and O–H groups in total. The highest BCUT2D eigenvalue weighted by Gasteiger charge is 2.16. The SMILES string of the molecule is CCCCCCCCCCC(SC#N)C(=O)O. The second-order valence-electron chi connectivity index (χ2n) is 4.30. The van der Waals surface area contributed by atoms with Crippen LogP contribution in [0.1, 0.15) is 64.7 Å². The Labute approximate surface area is 109 Å². The van der Waals surface area contributed by atoms with Crippen LogP contribution >= 0.6 is 11.8 Å². The van der Waals surface area contributed by atoms with E-state index in [1.165, 1.54) is 38.5 Å². The zero-order valence-corrected chi connectivity index (χ0v) is 11.5. The molecule has 0 aliphatic rings. The van der Waals surface area contributed by atoms with Gasteiger partial charge in [-0.25, -0.2) is 0 Å². The fourth-order valence-electron chi connectivity index (χ4n) is 1.76. The molecule has 0 saturated carbocycles. The van der Waals surface area contributed by atoms with Crippen LogP contribution in [-0.4, -0.2) is 16.3 Å². The molecule has 0 fully saturated rings. The predicted octanol–water partition coefficient (Wildman–Crippen LogP) is 4.18. The molecule has 0 aliphatic heterocycles. The van der Waals surface area contributed by atoms with Gasteiger partial charge in [0.2, 0.25) is 0 Å². The smallest absolute Gasteiger partial charge is 0.317 e. The zero-order chi connectivity index (χ0) is 12.9. The Hall–Kier alpha value is -0.690. The monoisotopic (exact) mass is 257 g/mol. The number of hydrogen-bond acceptors (Lipinski definition) is 3. The minimum absolute atomic E-state index is 0.542.